The number of aldehydes is 1. The molecule has 3 aromatic rings. The van der Waals surface area contributed by atoms with E-state index in [-0.39, 0.29) is 0 Å². The molecule has 4 heteroatoms. The summed E-state index contributed by atoms with van der Waals surface area (Å²) < 4.78 is 5.75. The Kier molecular flexibility index (Phi) is 4.51. The van der Waals surface area contributed by atoms with Crippen molar-refractivity contribution in [1.29, 1.82) is 5.26 Å². The Morgan fingerprint density at radius 3 is 2.61 bits per heavy atom. The maximum atomic E-state index is 11.4. The highest BCUT2D eigenvalue weighted by molar-refractivity contribution is 7.16. The van der Waals surface area contributed by atoms with Crippen LogP contribution in [0.25, 0.3) is 10.4 Å². The van der Waals surface area contributed by atoms with Crippen LogP contribution in [0.2, 0.25) is 0 Å². The maximum Gasteiger partial charge on any atom is 0.153 e. The molecule has 0 unspecified atom stereocenters. The summed E-state index contributed by atoms with van der Waals surface area (Å²) in [5.41, 5.74) is 2.46. The van der Waals surface area contributed by atoms with E-state index in [1.807, 2.05) is 42.5 Å². The topological polar surface area (TPSA) is 50.1 Å². The number of nitriles is 1. The summed E-state index contributed by atoms with van der Waals surface area (Å²) in [4.78, 5) is 13.0. The number of hydrogen-bond donors (Lipinski definition) is 0. The predicted molar refractivity (Wildman–Crippen MR) is 90.6 cm³/mol. The number of ether oxygens (including phenoxy) is 1. The molecule has 0 aliphatic rings. The average molecular weight is 319 g/mol. The Morgan fingerprint density at radius 1 is 1.09 bits per heavy atom. The van der Waals surface area contributed by atoms with Gasteiger partial charge in [-0.15, -0.1) is 11.3 Å². The van der Waals surface area contributed by atoms with E-state index in [0.29, 0.717) is 22.8 Å². The van der Waals surface area contributed by atoms with E-state index in [1.54, 1.807) is 18.2 Å². The predicted octanol–water partition coefficient (Wildman–Crippen LogP) is 4.68. The summed E-state index contributed by atoms with van der Waals surface area (Å²) in [6, 6.07) is 21.1. The van der Waals surface area contributed by atoms with E-state index in [1.165, 1.54) is 11.3 Å². The first kappa shape index (κ1) is 15.0. The molecule has 1 aromatic heterocycles. The molecular formula is C19H13NO2S. The fourth-order valence-electron chi connectivity index (χ4n) is 2.21. The van der Waals surface area contributed by atoms with Crippen LogP contribution in [-0.2, 0) is 6.61 Å². The molecule has 0 spiro atoms. The van der Waals surface area contributed by atoms with Gasteiger partial charge in [0.05, 0.1) is 5.56 Å². The van der Waals surface area contributed by atoms with Crippen molar-refractivity contribution in [2.75, 3.05) is 0 Å². The molecule has 0 fully saturated rings. The molecule has 3 rings (SSSR count). The van der Waals surface area contributed by atoms with E-state index in [0.717, 1.165) is 22.3 Å². The van der Waals surface area contributed by atoms with E-state index in [2.05, 4.69) is 6.07 Å². The first-order valence-electron chi connectivity index (χ1n) is 7.06. The van der Waals surface area contributed by atoms with Crippen molar-refractivity contribution in [3.63, 3.8) is 0 Å². The van der Waals surface area contributed by atoms with E-state index < -0.39 is 0 Å². The molecule has 0 saturated carbocycles. The van der Waals surface area contributed by atoms with Gasteiger partial charge < -0.3 is 4.74 Å². The van der Waals surface area contributed by atoms with E-state index >= 15 is 0 Å². The highest BCUT2D eigenvalue weighted by atomic mass is 32.1. The molecule has 0 aliphatic carbocycles. The lowest BCUT2D eigenvalue weighted by molar-refractivity contribution is 0.111. The number of thiophene rings is 1. The smallest absolute Gasteiger partial charge is 0.153 e. The van der Waals surface area contributed by atoms with Gasteiger partial charge in [0.1, 0.15) is 23.3 Å². The second-order valence-corrected chi connectivity index (χ2v) is 6.00. The number of carbonyl (C=O) groups excluding carboxylic acids is 1. The minimum absolute atomic E-state index is 0.415. The first-order chi connectivity index (χ1) is 11.3. The van der Waals surface area contributed by atoms with Crippen molar-refractivity contribution in [2.24, 2.45) is 0 Å². The summed E-state index contributed by atoms with van der Waals surface area (Å²) in [6.07, 6.45) is 0.794. The molecule has 0 radical (unpaired) electrons. The Balaban J connectivity index is 1.82. The van der Waals surface area contributed by atoms with E-state index in [9.17, 15) is 4.79 Å². The second-order valence-electron chi connectivity index (χ2n) is 4.92. The number of carbonyl (C=O) groups is 1. The number of nitrogens with zero attached hydrogens (tertiary/aromatic N) is 1. The van der Waals surface area contributed by atoms with Crippen molar-refractivity contribution in [2.45, 2.75) is 6.61 Å². The van der Waals surface area contributed by atoms with Crippen molar-refractivity contribution < 1.29 is 9.53 Å². The van der Waals surface area contributed by atoms with Gasteiger partial charge in [0.15, 0.2) is 6.29 Å². The second kappa shape index (κ2) is 6.91. The van der Waals surface area contributed by atoms with Gasteiger partial charge in [0.25, 0.3) is 0 Å². The van der Waals surface area contributed by atoms with Gasteiger partial charge in [-0.3, -0.25) is 4.79 Å². The largest absolute Gasteiger partial charge is 0.488 e. The number of hydrogen-bond acceptors (Lipinski definition) is 4. The molecular weight excluding hydrogens is 306 g/mol. The summed E-state index contributed by atoms with van der Waals surface area (Å²) in [5, 5.41) is 8.91. The molecule has 0 N–H and O–H groups in total. The standard InChI is InChI=1S/C19H13NO2S/c20-11-17-7-9-19(23-17)15-6-8-18(16(10-15)12-21)22-13-14-4-2-1-3-5-14/h1-10,12H,13H2. The summed E-state index contributed by atoms with van der Waals surface area (Å²) in [5.74, 6) is 0.560. The number of rotatable bonds is 5. The zero-order valence-corrected chi connectivity index (χ0v) is 13.0. The van der Waals surface area contributed by atoms with Crippen LogP contribution in [-0.4, -0.2) is 6.29 Å². The normalized spacial score (nSPS) is 10.0. The summed E-state index contributed by atoms with van der Waals surface area (Å²) >= 11 is 1.40. The molecule has 23 heavy (non-hydrogen) atoms. The van der Waals surface area contributed by atoms with Gasteiger partial charge in [0.2, 0.25) is 0 Å². The van der Waals surface area contributed by atoms with Gasteiger partial charge in [-0.25, -0.2) is 0 Å². The van der Waals surface area contributed by atoms with Crippen molar-refractivity contribution in [3.05, 3.63) is 76.7 Å². The van der Waals surface area contributed by atoms with Gasteiger partial charge in [0, 0.05) is 4.88 Å². The monoisotopic (exact) mass is 319 g/mol. The van der Waals surface area contributed by atoms with Crippen LogP contribution < -0.4 is 4.74 Å². The third-order valence-corrected chi connectivity index (χ3v) is 4.41. The lowest BCUT2D eigenvalue weighted by atomic mass is 10.1. The summed E-state index contributed by atoms with van der Waals surface area (Å²) in [6.45, 7) is 0.415. The first-order valence-corrected chi connectivity index (χ1v) is 7.88. The van der Waals surface area contributed by atoms with Gasteiger partial charge >= 0.3 is 0 Å². The SMILES string of the molecule is N#Cc1ccc(-c2ccc(OCc3ccccc3)c(C=O)c2)s1. The fourth-order valence-corrected chi connectivity index (χ4v) is 3.01. The minimum Gasteiger partial charge on any atom is -0.488 e. The van der Waals surface area contributed by atoms with Crippen molar-refractivity contribution in [1.82, 2.24) is 0 Å². The van der Waals surface area contributed by atoms with Crippen LogP contribution in [0.3, 0.4) is 0 Å². The molecule has 0 saturated heterocycles. The quantitative estimate of drug-likeness (QED) is 0.642. The molecule has 112 valence electrons. The average Bonchev–Trinajstić information content (AvgIpc) is 3.10. The van der Waals surface area contributed by atoms with Crippen LogP contribution in [0, 0.1) is 11.3 Å². The van der Waals surface area contributed by atoms with Crippen LogP contribution in [0.1, 0.15) is 20.8 Å². The van der Waals surface area contributed by atoms with Gasteiger partial charge in [-0.05, 0) is 41.5 Å². The Morgan fingerprint density at radius 2 is 1.91 bits per heavy atom. The maximum absolute atomic E-state index is 11.4. The van der Waals surface area contributed by atoms with Crippen LogP contribution in [0.4, 0.5) is 0 Å². The zero-order chi connectivity index (χ0) is 16.1. The van der Waals surface area contributed by atoms with Crippen molar-refractivity contribution >= 4 is 17.6 Å². The molecule has 0 amide bonds. The molecule has 1 heterocycles. The van der Waals surface area contributed by atoms with E-state index in [4.69, 9.17) is 10.00 Å². The van der Waals surface area contributed by atoms with Gasteiger partial charge in [-0.1, -0.05) is 30.3 Å². The third kappa shape index (κ3) is 3.47. The highest BCUT2D eigenvalue weighted by Gasteiger charge is 2.08. The molecule has 3 nitrogen and oxygen atoms in total. The Hall–Kier alpha value is -2.90. The van der Waals surface area contributed by atoms with Crippen LogP contribution >= 0.6 is 11.3 Å². The molecule has 2 aromatic carbocycles. The van der Waals surface area contributed by atoms with Crippen LogP contribution in [0.15, 0.2) is 60.7 Å². The Labute approximate surface area is 138 Å². The van der Waals surface area contributed by atoms with Crippen LogP contribution in [0.5, 0.6) is 5.75 Å². The highest BCUT2D eigenvalue weighted by Crippen LogP contribution is 2.31. The van der Waals surface area contributed by atoms with Gasteiger partial charge in [-0.2, -0.15) is 5.26 Å². The molecule has 0 aliphatic heterocycles. The molecule has 0 bridgehead atoms. The Bertz CT molecular complexity index is 863. The fraction of sp³-hybridized carbons (Fsp3) is 0.0526. The third-order valence-electron chi connectivity index (χ3n) is 3.37. The lowest BCUT2D eigenvalue weighted by Gasteiger charge is -2.09. The lowest BCUT2D eigenvalue weighted by Crippen LogP contribution is -1.98. The van der Waals surface area contributed by atoms with Crippen molar-refractivity contribution in [3.8, 4) is 22.3 Å². The summed E-state index contributed by atoms with van der Waals surface area (Å²) in [7, 11) is 0. The minimum atomic E-state index is 0.415. The zero-order valence-electron chi connectivity index (χ0n) is 12.2. The molecule has 0 atom stereocenters. The number of benzene rings is 2.